The third-order valence-electron chi connectivity index (χ3n) is 6.23. The number of pyridine rings is 1. The van der Waals surface area contributed by atoms with Crippen molar-refractivity contribution in [1.82, 2.24) is 9.97 Å². The zero-order chi connectivity index (χ0) is 20.0. The summed E-state index contributed by atoms with van der Waals surface area (Å²) in [7, 11) is 0. The second-order valence-electron chi connectivity index (χ2n) is 7.91. The molecule has 0 saturated carbocycles. The Labute approximate surface area is 168 Å². The first-order chi connectivity index (χ1) is 14.1. The van der Waals surface area contributed by atoms with Crippen LogP contribution in [0.5, 0.6) is 0 Å². The summed E-state index contributed by atoms with van der Waals surface area (Å²) in [6, 6.07) is 13.1. The lowest BCUT2D eigenvalue weighted by atomic mass is 9.95. The predicted octanol–water partition coefficient (Wildman–Crippen LogP) is 3.15. The van der Waals surface area contributed by atoms with Crippen molar-refractivity contribution in [2.75, 3.05) is 10.2 Å². The first-order valence-electron chi connectivity index (χ1n) is 9.95. The molecule has 2 aliphatic heterocycles. The van der Waals surface area contributed by atoms with Gasteiger partial charge in [0.2, 0.25) is 0 Å². The summed E-state index contributed by atoms with van der Waals surface area (Å²) in [6.45, 7) is 0. The number of primary amides is 1. The van der Waals surface area contributed by atoms with Gasteiger partial charge in [-0.25, -0.2) is 4.98 Å². The van der Waals surface area contributed by atoms with Crippen LogP contribution in [0.2, 0.25) is 0 Å². The van der Waals surface area contributed by atoms with E-state index in [1.165, 1.54) is 5.69 Å². The first-order valence-corrected chi connectivity index (χ1v) is 9.95. The number of amides is 1. The van der Waals surface area contributed by atoms with Crippen LogP contribution >= 0.6 is 0 Å². The van der Waals surface area contributed by atoms with Crippen LogP contribution in [0, 0.1) is 11.3 Å². The topological polar surface area (TPSA) is 111 Å². The number of nitrogens with two attached hydrogens (primary N) is 1. The van der Waals surface area contributed by atoms with E-state index in [0.717, 1.165) is 42.4 Å². The highest BCUT2D eigenvalue weighted by Gasteiger charge is 2.41. The Bertz CT molecular complexity index is 1100. The number of aromatic nitrogens is 2. The van der Waals surface area contributed by atoms with Crippen LogP contribution in [0.25, 0.3) is 11.0 Å². The smallest absolute Gasteiger partial charge is 0.252 e. The summed E-state index contributed by atoms with van der Waals surface area (Å²) in [4.78, 5) is 21.9. The Morgan fingerprint density at radius 3 is 2.59 bits per heavy atom. The van der Waals surface area contributed by atoms with Gasteiger partial charge in [-0.2, -0.15) is 5.26 Å². The normalized spacial score (nSPS) is 23.1. The average Bonchev–Trinajstić information content (AvgIpc) is 3.31. The average molecular weight is 386 g/mol. The Morgan fingerprint density at radius 1 is 1.21 bits per heavy atom. The molecule has 1 amide bonds. The van der Waals surface area contributed by atoms with Crippen molar-refractivity contribution < 1.29 is 4.79 Å². The minimum atomic E-state index is -0.471. The van der Waals surface area contributed by atoms with Crippen LogP contribution in [0.3, 0.4) is 0 Å². The van der Waals surface area contributed by atoms with Crippen molar-refractivity contribution in [3.05, 3.63) is 53.9 Å². The molecule has 0 radical (unpaired) electrons. The van der Waals surface area contributed by atoms with Crippen LogP contribution in [-0.2, 0) is 0 Å². The minimum absolute atomic E-state index is 0.265. The number of aromatic amines is 1. The van der Waals surface area contributed by atoms with Gasteiger partial charge in [0.25, 0.3) is 5.91 Å². The number of H-pyrrole nitrogens is 1. The van der Waals surface area contributed by atoms with Gasteiger partial charge in [0.05, 0.1) is 22.9 Å². The molecule has 3 aromatic rings. The van der Waals surface area contributed by atoms with Gasteiger partial charge in [0.15, 0.2) is 0 Å². The molecule has 2 aromatic heterocycles. The fraction of sp³-hybridized carbons (Fsp3) is 0.318. The fourth-order valence-electron chi connectivity index (χ4n) is 4.98. The van der Waals surface area contributed by atoms with Gasteiger partial charge in [0, 0.05) is 41.6 Å². The minimum Gasteiger partial charge on any atom is -0.381 e. The Morgan fingerprint density at radius 2 is 1.93 bits per heavy atom. The predicted molar refractivity (Wildman–Crippen MR) is 112 cm³/mol. The van der Waals surface area contributed by atoms with E-state index in [0.29, 0.717) is 23.2 Å². The lowest BCUT2D eigenvalue weighted by molar-refractivity contribution is 0.100. The lowest BCUT2D eigenvalue weighted by Gasteiger charge is -2.41. The van der Waals surface area contributed by atoms with Gasteiger partial charge in [-0.15, -0.1) is 0 Å². The molecule has 146 valence electrons. The number of anilines is 2. The van der Waals surface area contributed by atoms with Crippen molar-refractivity contribution in [3.8, 4) is 6.07 Å². The standard InChI is InChI=1S/C22H22N6O/c23-11-13-1-3-15(4-2-13)28-16-5-6-17(28)10-14(9-16)27-20-18-7-8-25-22(18)26-12-19(20)21(24)29/h1-4,7-8,12,14,16-17H,5-6,9-10H2,(H2,24,29)(H2,25,26,27)/t14?,16-,17+. The molecule has 2 bridgehead atoms. The Hall–Kier alpha value is -3.53. The number of rotatable bonds is 4. The van der Waals surface area contributed by atoms with E-state index in [-0.39, 0.29) is 6.04 Å². The lowest BCUT2D eigenvalue weighted by Crippen LogP contribution is -2.47. The number of nitrogens with one attached hydrogen (secondary N) is 2. The molecule has 4 N–H and O–H groups in total. The highest BCUT2D eigenvalue weighted by atomic mass is 16.1. The van der Waals surface area contributed by atoms with Gasteiger partial charge in [-0.1, -0.05) is 0 Å². The zero-order valence-corrected chi connectivity index (χ0v) is 15.9. The summed E-state index contributed by atoms with van der Waals surface area (Å²) in [6.07, 6.45) is 7.66. The third kappa shape index (κ3) is 2.97. The number of nitrogens with zero attached hydrogens (tertiary/aromatic N) is 3. The summed E-state index contributed by atoms with van der Waals surface area (Å²) in [5.41, 5.74) is 9.43. The molecule has 1 aromatic carbocycles. The number of hydrogen-bond donors (Lipinski definition) is 3. The molecule has 1 unspecified atom stereocenters. The molecule has 4 heterocycles. The number of hydrogen-bond acceptors (Lipinski definition) is 5. The summed E-state index contributed by atoms with van der Waals surface area (Å²) in [5.74, 6) is -0.471. The largest absolute Gasteiger partial charge is 0.381 e. The molecule has 0 spiro atoms. The second-order valence-corrected chi connectivity index (χ2v) is 7.91. The van der Waals surface area contributed by atoms with Crippen molar-refractivity contribution in [3.63, 3.8) is 0 Å². The van der Waals surface area contributed by atoms with E-state index in [4.69, 9.17) is 11.0 Å². The molecule has 2 saturated heterocycles. The monoisotopic (exact) mass is 386 g/mol. The summed E-state index contributed by atoms with van der Waals surface area (Å²) < 4.78 is 0. The molecule has 5 rings (SSSR count). The maximum Gasteiger partial charge on any atom is 0.252 e. The van der Waals surface area contributed by atoms with Gasteiger partial charge in [0.1, 0.15) is 5.65 Å². The van der Waals surface area contributed by atoms with Crippen LogP contribution in [-0.4, -0.2) is 34.0 Å². The SMILES string of the molecule is N#Cc1ccc(N2[C@@H]3CC[C@H]2CC(Nc2c(C(N)=O)cnc4[nH]ccc24)C3)cc1. The van der Waals surface area contributed by atoms with Crippen molar-refractivity contribution in [2.45, 2.75) is 43.8 Å². The molecule has 7 nitrogen and oxygen atoms in total. The van der Waals surface area contributed by atoms with E-state index >= 15 is 0 Å². The summed E-state index contributed by atoms with van der Waals surface area (Å²) in [5, 5.41) is 13.6. The highest BCUT2D eigenvalue weighted by Crippen LogP contribution is 2.41. The van der Waals surface area contributed by atoms with Gasteiger partial charge in [-0.3, -0.25) is 4.79 Å². The number of piperidine rings is 1. The van der Waals surface area contributed by atoms with Crippen molar-refractivity contribution in [2.24, 2.45) is 5.73 Å². The van der Waals surface area contributed by atoms with Crippen LogP contribution < -0.4 is 16.0 Å². The number of fused-ring (bicyclic) bond motifs is 3. The molecule has 2 aliphatic rings. The van der Waals surface area contributed by atoms with E-state index in [9.17, 15) is 4.79 Å². The Kier molecular flexibility index (Phi) is 4.13. The number of carbonyl (C=O) groups excluding carboxylic acids is 1. The highest BCUT2D eigenvalue weighted by molar-refractivity contribution is 6.06. The quantitative estimate of drug-likeness (QED) is 0.638. The number of benzene rings is 1. The molecule has 29 heavy (non-hydrogen) atoms. The van der Waals surface area contributed by atoms with Gasteiger partial charge >= 0.3 is 0 Å². The molecule has 0 aliphatic carbocycles. The maximum absolute atomic E-state index is 12.0. The van der Waals surface area contributed by atoms with Crippen LogP contribution in [0.15, 0.2) is 42.7 Å². The number of nitriles is 1. The first kappa shape index (κ1) is 17.6. The van der Waals surface area contributed by atoms with E-state index in [1.54, 1.807) is 6.20 Å². The van der Waals surface area contributed by atoms with Crippen LogP contribution in [0.1, 0.15) is 41.6 Å². The second kappa shape index (κ2) is 6.82. The van der Waals surface area contributed by atoms with E-state index in [1.807, 2.05) is 24.4 Å². The van der Waals surface area contributed by atoms with Crippen LogP contribution in [0.4, 0.5) is 11.4 Å². The molecular weight excluding hydrogens is 364 g/mol. The zero-order valence-electron chi connectivity index (χ0n) is 15.9. The maximum atomic E-state index is 12.0. The van der Waals surface area contributed by atoms with Crippen molar-refractivity contribution >= 4 is 28.3 Å². The molecule has 2 fully saturated rings. The van der Waals surface area contributed by atoms with Gasteiger partial charge in [-0.05, 0) is 56.0 Å². The van der Waals surface area contributed by atoms with E-state index < -0.39 is 5.91 Å². The molecule has 7 heteroatoms. The van der Waals surface area contributed by atoms with Crippen molar-refractivity contribution in [1.29, 1.82) is 5.26 Å². The van der Waals surface area contributed by atoms with Gasteiger partial charge < -0.3 is 20.9 Å². The number of carbonyl (C=O) groups is 1. The van der Waals surface area contributed by atoms with E-state index in [2.05, 4.69) is 38.4 Å². The summed E-state index contributed by atoms with van der Waals surface area (Å²) >= 11 is 0. The molecular formula is C22H22N6O. The fourth-order valence-corrected chi connectivity index (χ4v) is 4.98. The molecule has 3 atom stereocenters. The Balaban J connectivity index is 1.40. The third-order valence-corrected chi connectivity index (χ3v) is 6.23.